The van der Waals surface area contributed by atoms with E-state index in [0.29, 0.717) is 23.9 Å². The number of methoxy groups -OCH3 is 2. The molecule has 2 aromatic carbocycles. The van der Waals surface area contributed by atoms with E-state index in [4.69, 9.17) is 14.2 Å². The summed E-state index contributed by atoms with van der Waals surface area (Å²) >= 11 is 0. The van der Waals surface area contributed by atoms with Gasteiger partial charge < -0.3 is 14.2 Å². The molecule has 3 atom stereocenters. The number of esters is 1. The zero-order valence-electron chi connectivity index (χ0n) is 25.9. The molecule has 3 aromatic rings. The van der Waals surface area contributed by atoms with Gasteiger partial charge in [-0.15, -0.1) is 0 Å². The fourth-order valence-corrected chi connectivity index (χ4v) is 6.02. The van der Waals surface area contributed by atoms with Crippen LogP contribution in [0.25, 0.3) is 11.1 Å². The minimum Gasteiger partial charge on any atom is -0.485 e. The molecule has 1 aromatic heterocycles. The molecule has 5 rings (SSSR count). The first-order valence-corrected chi connectivity index (χ1v) is 14.9. The summed E-state index contributed by atoms with van der Waals surface area (Å²) in [5.74, 6) is 1.12. The van der Waals surface area contributed by atoms with E-state index in [9.17, 15) is 4.79 Å². The number of carbonyl (C=O) groups excluding carboxylic acids is 1. The zero-order chi connectivity index (χ0) is 30.2. The topological polar surface area (TPSA) is 60.9 Å². The third-order valence-corrected chi connectivity index (χ3v) is 9.05. The van der Waals surface area contributed by atoms with Gasteiger partial charge in [-0.2, -0.15) is 0 Å². The lowest BCUT2D eigenvalue weighted by molar-refractivity contribution is -0.145. The third-order valence-electron chi connectivity index (χ3n) is 9.05. The number of benzene rings is 2. The molecule has 0 N–H and O–H groups in total. The first-order chi connectivity index (χ1) is 20.0. The molecular formula is C35H43FN2O4. The first kappa shape index (κ1) is 30.0. The molecular weight excluding hydrogens is 531 g/mol. The van der Waals surface area contributed by atoms with Gasteiger partial charge in [-0.25, -0.2) is 9.37 Å². The molecule has 0 saturated heterocycles. The summed E-state index contributed by atoms with van der Waals surface area (Å²) in [5, 5.41) is 0. The Hall–Kier alpha value is -3.45. The highest BCUT2D eigenvalue weighted by Crippen LogP contribution is 2.48. The second-order valence-corrected chi connectivity index (χ2v) is 12.8. The zero-order valence-corrected chi connectivity index (χ0v) is 25.9. The Labute approximate surface area is 249 Å². The first-order valence-electron chi connectivity index (χ1n) is 14.9. The quantitative estimate of drug-likeness (QED) is 0.247. The lowest BCUT2D eigenvalue weighted by atomic mass is 9.82. The summed E-state index contributed by atoms with van der Waals surface area (Å²) in [5.41, 5.74) is 5.62. The highest BCUT2D eigenvalue weighted by Gasteiger charge is 2.39. The van der Waals surface area contributed by atoms with E-state index >= 15 is 4.39 Å². The number of carbonyl (C=O) groups is 1. The van der Waals surface area contributed by atoms with Gasteiger partial charge in [0.05, 0.1) is 26.3 Å². The van der Waals surface area contributed by atoms with Crippen LogP contribution >= 0.6 is 0 Å². The molecule has 0 amide bonds. The number of rotatable bonds is 9. The van der Waals surface area contributed by atoms with Crippen LogP contribution in [0.3, 0.4) is 0 Å². The summed E-state index contributed by atoms with van der Waals surface area (Å²) in [6.45, 7) is 9.11. The number of hydrogen-bond acceptors (Lipinski definition) is 6. The molecule has 1 aliphatic heterocycles. The van der Waals surface area contributed by atoms with Crippen LogP contribution in [-0.4, -0.2) is 42.7 Å². The number of fused-ring (bicyclic) bond motifs is 1. The van der Waals surface area contributed by atoms with Crippen molar-refractivity contribution in [1.82, 2.24) is 9.88 Å². The molecule has 1 saturated carbocycles. The molecule has 7 heteroatoms. The predicted molar refractivity (Wildman–Crippen MR) is 162 cm³/mol. The Kier molecular flexibility index (Phi) is 8.61. The van der Waals surface area contributed by atoms with Crippen LogP contribution in [0.2, 0.25) is 0 Å². The van der Waals surface area contributed by atoms with E-state index in [2.05, 4.69) is 62.0 Å². The molecule has 224 valence electrons. The second-order valence-electron chi connectivity index (χ2n) is 12.8. The van der Waals surface area contributed by atoms with Crippen LogP contribution in [0.5, 0.6) is 11.6 Å². The van der Waals surface area contributed by atoms with E-state index in [-0.39, 0.29) is 35.3 Å². The average molecular weight is 575 g/mol. The summed E-state index contributed by atoms with van der Waals surface area (Å²) < 4.78 is 32.1. The van der Waals surface area contributed by atoms with Crippen LogP contribution in [0.4, 0.5) is 4.39 Å². The van der Waals surface area contributed by atoms with Gasteiger partial charge in [0.1, 0.15) is 17.7 Å². The maximum absolute atomic E-state index is 15.1. The number of hydrogen-bond donors (Lipinski definition) is 0. The molecule has 0 spiro atoms. The standard InChI is InChI=1S/C35H43FN2O4/c1-21(34(39)41-7)33(23-9-10-23)25-11-8-22-13-15-30(42-31(22)17-25)24-12-14-27(26(16-24)20-38(5)35(2,3)4)28-18-32(40-6)37-19-29(28)36/h8,11-12,14,16-19,21,23,30,33H,9-10,13,15,20H2,1-7H3/t21-,30-,33-/m0/s1. The largest absolute Gasteiger partial charge is 0.485 e. The number of aryl methyl sites for hydroxylation is 1. The van der Waals surface area contributed by atoms with Crippen LogP contribution < -0.4 is 9.47 Å². The fraction of sp³-hybridized carbons (Fsp3) is 0.486. The molecule has 0 unspecified atom stereocenters. The van der Waals surface area contributed by atoms with E-state index < -0.39 is 0 Å². The van der Waals surface area contributed by atoms with Crippen LogP contribution in [0.1, 0.15) is 81.2 Å². The van der Waals surface area contributed by atoms with Gasteiger partial charge in [-0.05, 0) is 99.2 Å². The number of halogens is 1. The molecule has 0 radical (unpaired) electrons. The molecule has 1 fully saturated rings. The molecule has 42 heavy (non-hydrogen) atoms. The number of nitrogens with zero attached hydrogens (tertiary/aromatic N) is 2. The lowest BCUT2D eigenvalue weighted by Gasteiger charge is -2.33. The number of ether oxygens (including phenoxy) is 3. The highest BCUT2D eigenvalue weighted by atomic mass is 19.1. The van der Waals surface area contributed by atoms with Crippen molar-refractivity contribution < 1.29 is 23.4 Å². The summed E-state index contributed by atoms with van der Waals surface area (Å²) in [4.78, 5) is 18.7. The predicted octanol–water partition coefficient (Wildman–Crippen LogP) is 7.50. The Morgan fingerprint density at radius 2 is 1.86 bits per heavy atom. The van der Waals surface area contributed by atoms with Gasteiger partial charge in [0.2, 0.25) is 5.88 Å². The average Bonchev–Trinajstić information content (AvgIpc) is 3.81. The number of pyridine rings is 1. The Bertz CT molecular complexity index is 1450. The highest BCUT2D eigenvalue weighted by molar-refractivity contribution is 5.73. The maximum Gasteiger partial charge on any atom is 0.309 e. The minimum absolute atomic E-state index is 0.0716. The Morgan fingerprint density at radius 1 is 1.10 bits per heavy atom. The molecule has 1 aliphatic carbocycles. The van der Waals surface area contributed by atoms with Gasteiger partial charge in [0.25, 0.3) is 0 Å². The summed E-state index contributed by atoms with van der Waals surface area (Å²) in [7, 11) is 5.08. The lowest BCUT2D eigenvalue weighted by Crippen LogP contribution is -2.37. The SMILES string of the molecule is COC(=O)[C@@H](C)[C@H](c1ccc2c(c1)O[C@H](c1ccc(-c3cc(OC)ncc3F)c(CN(C)C(C)(C)C)c1)CC2)C1CC1. The smallest absolute Gasteiger partial charge is 0.309 e. The Morgan fingerprint density at radius 3 is 2.52 bits per heavy atom. The van der Waals surface area contributed by atoms with Gasteiger partial charge in [-0.3, -0.25) is 9.69 Å². The van der Waals surface area contributed by atoms with E-state index in [1.54, 1.807) is 6.07 Å². The molecule has 2 heterocycles. The van der Waals surface area contributed by atoms with E-state index in [1.165, 1.54) is 26.0 Å². The number of aromatic nitrogens is 1. The Balaban J connectivity index is 1.48. The van der Waals surface area contributed by atoms with Crippen LogP contribution in [0.15, 0.2) is 48.7 Å². The van der Waals surface area contributed by atoms with Crippen molar-refractivity contribution >= 4 is 5.97 Å². The molecule has 6 nitrogen and oxygen atoms in total. The van der Waals surface area contributed by atoms with Gasteiger partial charge in [0, 0.05) is 23.7 Å². The van der Waals surface area contributed by atoms with Crippen LogP contribution in [0, 0.1) is 17.7 Å². The maximum atomic E-state index is 15.1. The third kappa shape index (κ3) is 6.31. The van der Waals surface area contributed by atoms with Crippen molar-refractivity contribution in [3.8, 4) is 22.8 Å². The van der Waals surface area contributed by atoms with E-state index in [1.807, 2.05) is 19.1 Å². The second kappa shape index (κ2) is 12.0. The van der Waals surface area contributed by atoms with Crippen molar-refractivity contribution in [2.45, 2.75) is 77.5 Å². The normalized spacial score (nSPS) is 18.2. The van der Waals surface area contributed by atoms with Gasteiger partial charge in [-0.1, -0.05) is 37.3 Å². The summed E-state index contributed by atoms with van der Waals surface area (Å²) in [6, 6.07) is 14.3. The molecule has 0 bridgehead atoms. The van der Waals surface area contributed by atoms with Crippen molar-refractivity contribution in [3.63, 3.8) is 0 Å². The minimum atomic E-state index is -0.384. The van der Waals surface area contributed by atoms with Crippen LogP contribution in [-0.2, 0) is 22.5 Å². The van der Waals surface area contributed by atoms with Crippen molar-refractivity contribution in [3.05, 3.63) is 76.7 Å². The molecule has 2 aliphatic rings. The van der Waals surface area contributed by atoms with E-state index in [0.717, 1.165) is 53.7 Å². The van der Waals surface area contributed by atoms with Crippen molar-refractivity contribution in [1.29, 1.82) is 0 Å². The van der Waals surface area contributed by atoms with Crippen molar-refractivity contribution in [2.24, 2.45) is 11.8 Å². The van der Waals surface area contributed by atoms with Gasteiger partial charge in [0.15, 0.2) is 0 Å². The van der Waals surface area contributed by atoms with Gasteiger partial charge >= 0.3 is 5.97 Å². The van der Waals surface area contributed by atoms with Crippen molar-refractivity contribution in [2.75, 3.05) is 21.3 Å². The fourth-order valence-electron chi connectivity index (χ4n) is 6.02. The summed E-state index contributed by atoms with van der Waals surface area (Å²) in [6.07, 6.45) is 5.10. The monoisotopic (exact) mass is 574 g/mol.